The fourth-order valence-electron chi connectivity index (χ4n) is 11.6. The van der Waals surface area contributed by atoms with Gasteiger partial charge in [0.1, 0.15) is 0 Å². The Morgan fingerprint density at radius 1 is 0.312 bits per heavy atom. The van der Waals surface area contributed by atoms with Crippen LogP contribution >= 0.6 is 0 Å². The van der Waals surface area contributed by atoms with Gasteiger partial charge >= 0.3 is 0 Å². The molecule has 0 heterocycles. The highest BCUT2D eigenvalue weighted by atomic mass is 15.1. The van der Waals surface area contributed by atoms with E-state index in [0.29, 0.717) is 0 Å². The summed E-state index contributed by atoms with van der Waals surface area (Å²) in [5.74, 6) is 0. The van der Waals surface area contributed by atoms with Gasteiger partial charge in [-0.15, -0.1) is 0 Å². The van der Waals surface area contributed by atoms with Gasteiger partial charge in [-0.2, -0.15) is 0 Å². The first kappa shape index (κ1) is 36.9. The van der Waals surface area contributed by atoms with Gasteiger partial charge in [-0.05, 0) is 156 Å². The Morgan fingerprint density at radius 2 is 0.828 bits per heavy atom. The Bertz CT molecular complexity index is 3380. The van der Waals surface area contributed by atoms with E-state index in [4.69, 9.17) is 0 Å². The number of aryl methyl sites for hydroxylation is 2. The summed E-state index contributed by atoms with van der Waals surface area (Å²) in [4.78, 5) is 2.49. The van der Waals surface area contributed by atoms with Crippen molar-refractivity contribution in [2.75, 3.05) is 4.90 Å². The fraction of sp³-hybridized carbons (Fsp3) is 0.0794. The molecule has 3 aliphatic carbocycles. The molecule has 0 amide bonds. The maximum absolute atomic E-state index is 2.55. The molecule has 1 spiro atoms. The lowest BCUT2D eigenvalue weighted by atomic mass is 9.70. The second-order valence-corrected chi connectivity index (χ2v) is 17.8. The minimum Gasteiger partial charge on any atom is -0.310 e. The molecule has 0 N–H and O–H groups in total. The number of nitrogens with zero attached hydrogens (tertiary/aromatic N) is 1. The molecular formula is C63H45N. The quantitative estimate of drug-likeness (QED) is 0.162. The van der Waals surface area contributed by atoms with Gasteiger partial charge in [-0.3, -0.25) is 0 Å². The van der Waals surface area contributed by atoms with E-state index in [1.807, 2.05) is 0 Å². The maximum Gasteiger partial charge on any atom is 0.0726 e. The Balaban J connectivity index is 1.05. The number of hydrogen-bond acceptors (Lipinski definition) is 1. The average Bonchev–Trinajstić information content (AvgIpc) is 3.83. The first-order valence-corrected chi connectivity index (χ1v) is 22.9. The van der Waals surface area contributed by atoms with Crippen LogP contribution < -0.4 is 4.90 Å². The minimum atomic E-state index is -0.469. The van der Waals surface area contributed by atoms with Crippen LogP contribution in [0.15, 0.2) is 224 Å². The SMILES string of the molecule is c1ccc(N(c2ccc(-c3cccc4ccccc34)cc2)c2cc3c(cc2-c2ccc(-c4ccc5c(c4)CCCC5)cc2)-c2ccccc2C32c3ccccc3-c3ccccc32)cc1. The van der Waals surface area contributed by atoms with Gasteiger partial charge in [-0.25, -0.2) is 0 Å². The van der Waals surface area contributed by atoms with Crippen LogP contribution in [0.3, 0.4) is 0 Å². The maximum atomic E-state index is 2.55. The van der Waals surface area contributed by atoms with Crippen LogP contribution in [0, 0.1) is 0 Å². The highest BCUT2D eigenvalue weighted by Crippen LogP contribution is 2.64. The highest BCUT2D eigenvalue weighted by molar-refractivity contribution is 6.01. The van der Waals surface area contributed by atoms with Crippen molar-refractivity contribution in [3.05, 3.63) is 258 Å². The lowest BCUT2D eigenvalue weighted by molar-refractivity contribution is 0.686. The Morgan fingerprint density at radius 3 is 1.55 bits per heavy atom. The topological polar surface area (TPSA) is 3.24 Å². The van der Waals surface area contributed by atoms with E-state index in [-0.39, 0.29) is 0 Å². The van der Waals surface area contributed by atoms with Crippen LogP contribution in [0.4, 0.5) is 17.1 Å². The largest absolute Gasteiger partial charge is 0.310 e. The summed E-state index contributed by atoms with van der Waals surface area (Å²) in [6.07, 6.45) is 4.95. The van der Waals surface area contributed by atoms with Crippen LogP contribution in [-0.4, -0.2) is 0 Å². The zero-order valence-corrected chi connectivity index (χ0v) is 35.6. The van der Waals surface area contributed by atoms with Crippen molar-refractivity contribution in [2.24, 2.45) is 0 Å². The third kappa shape index (κ3) is 5.57. The molecule has 1 heteroatoms. The molecule has 0 radical (unpaired) electrons. The number of fused-ring (bicyclic) bond motifs is 12. The first-order chi connectivity index (χ1) is 31.7. The van der Waals surface area contributed by atoms with Gasteiger partial charge in [-0.1, -0.05) is 188 Å². The minimum absolute atomic E-state index is 0.469. The predicted molar refractivity (Wildman–Crippen MR) is 268 cm³/mol. The van der Waals surface area contributed by atoms with E-state index in [1.54, 1.807) is 0 Å². The normalized spacial score (nSPS) is 13.8. The van der Waals surface area contributed by atoms with Crippen molar-refractivity contribution in [1.29, 1.82) is 0 Å². The number of hydrogen-bond donors (Lipinski definition) is 0. The van der Waals surface area contributed by atoms with Crippen LogP contribution in [-0.2, 0) is 18.3 Å². The van der Waals surface area contributed by atoms with Gasteiger partial charge in [0.05, 0.1) is 11.1 Å². The van der Waals surface area contributed by atoms with Crippen molar-refractivity contribution in [2.45, 2.75) is 31.1 Å². The number of benzene rings is 10. The van der Waals surface area contributed by atoms with Gasteiger partial charge < -0.3 is 4.90 Å². The Kier molecular flexibility index (Phi) is 8.46. The van der Waals surface area contributed by atoms with Gasteiger partial charge in [0.25, 0.3) is 0 Å². The molecule has 0 saturated heterocycles. The van der Waals surface area contributed by atoms with E-state index in [2.05, 4.69) is 229 Å². The summed E-state index contributed by atoms with van der Waals surface area (Å²) < 4.78 is 0. The smallest absolute Gasteiger partial charge is 0.0726 e. The molecule has 10 aromatic rings. The molecule has 3 aliphatic rings. The predicted octanol–water partition coefficient (Wildman–Crippen LogP) is 16.5. The third-order valence-electron chi connectivity index (χ3n) is 14.5. The summed E-state index contributed by atoms with van der Waals surface area (Å²) in [5, 5.41) is 2.51. The van der Waals surface area contributed by atoms with E-state index in [1.165, 1.54) is 125 Å². The Labute approximate surface area is 375 Å². The zero-order valence-electron chi connectivity index (χ0n) is 35.6. The second-order valence-electron chi connectivity index (χ2n) is 17.8. The average molecular weight is 816 g/mol. The molecule has 0 aliphatic heterocycles. The summed E-state index contributed by atoms with van der Waals surface area (Å²) >= 11 is 0. The van der Waals surface area contributed by atoms with Gasteiger partial charge in [0.15, 0.2) is 0 Å². The summed E-state index contributed by atoms with van der Waals surface area (Å²) in [7, 11) is 0. The van der Waals surface area contributed by atoms with Crippen molar-refractivity contribution >= 4 is 27.8 Å². The van der Waals surface area contributed by atoms with Crippen LogP contribution in [0.5, 0.6) is 0 Å². The zero-order chi connectivity index (χ0) is 42.2. The number of rotatable bonds is 6. The molecule has 0 aromatic heterocycles. The monoisotopic (exact) mass is 815 g/mol. The molecule has 302 valence electrons. The van der Waals surface area contributed by atoms with Crippen molar-refractivity contribution in [1.82, 2.24) is 0 Å². The molecule has 0 bridgehead atoms. The van der Waals surface area contributed by atoms with Crippen LogP contribution in [0.2, 0.25) is 0 Å². The molecule has 0 fully saturated rings. The molecule has 13 rings (SSSR count). The number of anilines is 3. The van der Waals surface area contributed by atoms with Crippen LogP contribution in [0.1, 0.15) is 46.2 Å². The van der Waals surface area contributed by atoms with Crippen molar-refractivity contribution in [3.63, 3.8) is 0 Å². The van der Waals surface area contributed by atoms with E-state index < -0.39 is 5.41 Å². The highest BCUT2D eigenvalue weighted by Gasteiger charge is 2.52. The molecule has 0 unspecified atom stereocenters. The summed E-state index contributed by atoms with van der Waals surface area (Å²) in [5.41, 5.74) is 23.9. The second kappa shape index (κ2) is 14.7. The summed E-state index contributed by atoms with van der Waals surface area (Å²) in [6, 6.07) is 84.4. The standard InChI is InChI=1S/C63H45N/c1-2-19-49(20-3-1)64(50-37-35-45(36-38-50)52-25-14-18-44-16-6-7-21-51(44)52)62-41-61-57(40-56(62)46-32-29-43(30-33-46)48-34-31-42-15-4-5-17-47(42)39-48)55-24-10-13-28-60(55)63(61)58-26-11-8-22-53(58)54-23-9-12-27-59(54)63/h1-3,6-14,16,18-41H,4-5,15,17H2. The first-order valence-electron chi connectivity index (χ1n) is 22.9. The van der Waals surface area contributed by atoms with E-state index in [9.17, 15) is 0 Å². The lowest BCUT2D eigenvalue weighted by Crippen LogP contribution is -2.26. The summed E-state index contributed by atoms with van der Waals surface area (Å²) in [6.45, 7) is 0. The number of para-hydroxylation sites is 1. The fourth-order valence-corrected chi connectivity index (χ4v) is 11.6. The van der Waals surface area contributed by atoms with Crippen molar-refractivity contribution in [3.8, 4) is 55.6 Å². The third-order valence-corrected chi connectivity index (χ3v) is 14.5. The van der Waals surface area contributed by atoms with E-state index in [0.717, 1.165) is 17.1 Å². The molecule has 1 nitrogen and oxygen atoms in total. The molecule has 0 atom stereocenters. The van der Waals surface area contributed by atoms with Gasteiger partial charge in [0, 0.05) is 16.9 Å². The van der Waals surface area contributed by atoms with E-state index >= 15 is 0 Å². The van der Waals surface area contributed by atoms with Crippen LogP contribution in [0.25, 0.3) is 66.4 Å². The Hall–Kier alpha value is -7.74. The molecule has 10 aromatic carbocycles. The van der Waals surface area contributed by atoms with Crippen molar-refractivity contribution < 1.29 is 0 Å². The molecular weight excluding hydrogens is 771 g/mol. The molecule has 0 saturated carbocycles. The van der Waals surface area contributed by atoms with Gasteiger partial charge in [0.2, 0.25) is 0 Å². The molecule has 64 heavy (non-hydrogen) atoms. The lowest BCUT2D eigenvalue weighted by Gasteiger charge is -2.33.